The molecule has 4 rings (SSSR count). The molecular weight excluding hydrogens is 537 g/mol. The van der Waals surface area contributed by atoms with Crippen LogP contribution in [0, 0.1) is 3.57 Å². The van der Waals surface area contributed by atoms with Crippen molar-refractivity contribution < 1.29 is 19.1 Å². The Hall–Kier alpha value is -2.52. The Morgan fingerprint density at radius 3 is 2.53 bits per heavy atom. The number of imide groups is 1. The molecule has 3 aromatic carbocycles. The predicted molar refractivity (Wildman–Crippen MR) is 137 cm³/mol. The van der Waals surface area contributed by atoms with Crippen LogP contribution in [0.15, 0.2) is 59.5 Å². The van der Waals surface area contributed by atoms with E-state index in [4.69, 9.17) is 9.47 Å². The summed E-state index contributed by atoms with van der Waals surface area (Å²) in [5.74, 6) is 1.04. The molecule has 2 amide bonds. The van der Waals surface area contributed by atoms with Crippen LogP contribution in [0.1, 0.15) is 25.0 Å². The maximum absolute atomic E-state index is 13.1. The number of hydrogen-bond acceptors (Lipinski definition) is 5. The number of nitrogens with zero attached hydrogens (tertiary/aromatic N) is 1. The lowest BCUT2D eigenvalue weighted by atomic mass is 10.0. The van der Waals surface area contributed by atoms with E-state index in [1.807, 2.05) is 68.4 Å². The van der Waals surface area contributed by atoms with Gasteiger partial charge in [-0.25, -0.2) is 0 Å². The van der Waals surface area contributed by atoms with E-state index in [1.54, 1.807) is 6.08 Å². The van der Waals surface area contributed by atoms with E-state index in [1.165, 1.54) is 4.90 Å². The molecule has 0 bridgehead atoms. The summed E-state index contributed by atoms with van der Waals surface area (Å²) in [6.45, 7) is 5.11. The second-order valence-corrected chi connectivity index (χ2v) is 9.26. The molecule has 0 saturated carbocycles. The average molecular weight is 559 g/mol. The Balaban J connectivity index is 1.62. The molecule has 1 aliphatic heterocycles. The second-order valence-electron chi connectivity index (χ2n) is 7.10. The minimum Gasteiger partial charge on any atom is -0.490 e. The fourth-order valence-electron chi connectivity index (χ4n) is 3.61. The first-order chi connectivity index (χ1) is 15.5. The van der Waals surface area contributed by atoms with Crippen LogP contribution in [0.4, 0.5) is 4.79 Å². The van der Waals surface area contributed by atoms with Gasteiger partial charge in [-0.2, -0.15) is 0 Å². The van der Waals surface area contributed by atoms with Crippen LogP contribution in [0.25, 0.3) is 16.8 Å². The van der Waals surface area contributed by atoms with Crippen molar-refractivity contribution in [2.75, 3.05) is 13.2 Å². The molecule has 0 aromatic heterocycles. The minimum absolute atomic E-state index is 0.244. The molecule has 1 heterocycles. The molecule has 0 radical (unpaired) electrons. The fourth-order valence-corrected chi connectivity index (χ4v) is 5.23. The van der Waals surface area contributed by atoms with Gasteiger partial charge in [-0.05, 0) is 88.3 Å². The van der Waals surface area contributed by atoms with Crippen molar-refractivity contribution in [2.45, 2.75) is 20.4 Å². The quantitative estimate of drug-likeness (QED) is 0.245. The standard InChI is InChI=1S/C25H22INO4S/c1-3-30-21-13-16(12-20(26)23(21)31-4-2)14-22-24(28)27(25(29)32-22)15-18-10-7-9-17-8-5-6-11-19(17)18/h5-14H,3-4,15H2,1-2H3/b22-14-. The summed E-state index contributed by atoms with van der Waals surface area (Å²) in [6.07, 6.45) is 1.74. The molecule has 3 aromatic rings. The maximum Gasteiger partial charge on any atom is 0.293 e. The van der Waals surface area contributed by atoms with Crippen LogP contribution in [0.5, 0.6) is 11.5 Å². The van der Waals surface area contributed by atoms with Crippen LogP contribution >= 0.6 is 34.4 Å². The molecule has 0 N–H and O–H groups in total. The Labute approximate surface area is 204 Å². The third kappa shape index (κ3) is 4.63. The summed E-state index contributed by atoms with van der Waals surface area (Å²) < 4.78 is 12.3. The highest BCUT2D eigenvalue weighted by Gasteiger charge is 2.35. The highest BCUT2D eigenvalue weighted by atomic mass is 127. The van der Waals surface area contributed by atoms with Crippen LogP contribution in [-0.2, 0) is 11.3 Å². The maximum atomic E-state index is 13.1. The third-order valence-corrected chi connectivity index (χ3v) is 6.71. The Bertz CT molecular complexity index is 1220. The zero-order chi connectivity index (χ0) is 22.7. The highest BCUT2D eigenvalue weighted by Crippen LogP contribution is 2.38. The first-order valence-corrected chi connectivity index (χ1v) is 12.2. The second kappa shape index (κ2) is 9.95. The molecule has 0 aliphatic carbocycles. The largest absolute Gasteiger partial charge is 0.490 e. The normalized spacial score (nSPS) is 15.1. The molecule has 164 valence electrons. The van der Waals surface area contributed by atoms with E-state index in [0.717, 1.165) is 37.2 Å². The lowest BCUT2D eigenvalue weighted by molar-refractivity contribution is -0.123. The van der Waals surface area contributed by atoms with Crippen molar-refractivity contribution in [1.82, 2.24) is 4.90 Å². The van der Waals surface area contributed by atoms with Gasteiger partial charge in [-0.1, -0.05) is 42.5 Å². The van der Waals surface area contributed by atoms with Gasteiger partial charge < -0.3 is 9.47 Å². The molecule has 0 unspecified atom stereocenters. The minimum atomic E-state index is -0.283. The van der Waals surface area contributed by atoms with E-state index in [-0.39, 0.29) is 17.7 Å². The van der Waals surface area contributed by atoms with Gasteiger partial charge >= 0.3 is 0 Å². The number of ether oxygens (including phenoxy) is 2. The Kier molecular flexibility index (Phi) is 7.05. The number of amides is 2. The van der Waals surface area contributed by atoms with Crippen LogP contribution in [0.3, 0.4) is 0 Å². The van der Waals surface area contributed by atoms with Gasteiger partial charge in [0.1, 0.15) is 0 Å². The van der Waals surface area contributed by atoms with E-state index in [9.17, 15) is 9.59 Å². The van der Waals surface area contributed by atoms with E-state index in [2.05, 4.69) is 22.6 Å². The van der Waals surface area contributed by atoms with E-state index < -0.39 is 0 Å². The Morgan fingerprint density at radius 1 is 1.00 bits per heavy atom. The SMILES string of the molecule is CCOc1cc(/C=C2\SC(=O)N(Cc3cccc4ccccc34)C2=O)cc(I)c1OCC. The number of rotatable bonds is 7. The number of carbonyl (C=O) groups excluding carboxylic acids is 2. The summed E-state index contributed by atoms with van der Waals surface area (Å²) in [7, 11) is 0. The molecule has 1 fully saturated rings. The van der Waals surface area contributed by atoms with Gasteiger partial charge in [0, 0.05) is 0 Å². The molecule has 32 heavy (non-hydrogen) atoms. The smallest absolute Gasteiger partial charge is 0.293 e. The van der Waals surface area contributed by atoms with Crippen LogP contribution in [0.2, 0.25) is 0 Å². The summed E-state index contributed by atoms with van der Waals surface area (Å²) >= 11 is 3.16. The zero-order valence-electron chi connectivity index (χ0n) is 17.8. The molecule has 1 saturated heterocycles. The summed E-state index contributed by atoms with van der Waals surface area (Å²) in [5, 5.41) is 1.86. The lowest BCUT2D eigenvalue weighted by Gasteiger charge is -2.14. The molecule has 0 atom stereocenters. The number of hydrogen-bond donors (Lipinski definition) is 0. The third-order valence-electron chi connectivity index (χ3n) is 5.00. The zero-order valence-corrected chi connectivity index (χ0v) is 20.7. The monoisotopic (exact) mass is 559 g/mol. The van der Waals surface area contributed by atoms with Crippen LogP contribution < -0.4 is 9.47 Å². The van der Waals surface area contributed by atoms with Crippen molar-refractivity contribution in [2.24, 2.45) is 0 Å². The van der Waals surface area contributed by atoms with Crippen molar-refractivity contribution >= 4 is 62.3 Å². The molecule has 1 aliphatic rings. The number of halogens is 1. The van der Waals surface area contributed by atoms with Crippen LogP contribution in [-0.4, -0.2) is 29.3 Å². The number of benzene rings is 3. The summed E-state index contributed by atoms with van der Waals surface area (Å²) in [6, 6.07) is 17.7. The predicted octanol–water partition coefficient (Wildman–Crippen LogP) is 6.48. The van der Waals surface area contributed by atoms with Gasteiger partial charge in [0.05, 0.1) is 28.2 Å². The van der Waals surface area contributed by atoms with Crippen molar-refractivity contribution in [3.05, 3.63) is 74.2 Å². The first-order valence-electron chi connectivity index (χ1n) is 10.3. The molecule has 5 nitrogen and oxygen atoms in total. The van der Waals surface area contributed by atoms with Crippen molar-refractivity contribution in [3.8, 4) is 11.5 Å². The summed E-state index contributed by atoms with van der Waals surface area (Å²) in [4.78, 5) is 27.5. The molecular formula is C25H22INO4S. The average Bonchev–Trinajstić information content (AvgIpc) is 3.04. The number of fused-ring (bicyclic) bond motifs is 1. The Morgan fingerprint density at radius 2 is 1.75 bits per heavy atom. The number of carbonyl (C=O) groups is 2. The number of thioether (sulfide) groups is 1. The molecule has 0 spiro atoms. The van der Waals surface area contributed by atoms with Crippen molar-refractivity contribution in [3.63, 3.8) is 0 Å². The fraction of sp³-hybridized carbons (Fsp3) is 0.200. The van der Waals surface area contributed by atoms with E-state index >= 15 is 0 Å². The molecule has 7 heteroatoms. The van der Waals surface area contributed by atoms with Gasteiger partial charge in [-0.3, -0.25) is 14.5 Å². The van der Waals surface area contributed by atoms with Gasteiger partial charge in [0.15, 0.2) is 11.5 Å². The first kappa shape index (κ1) is 22.7. The summed E-state index contributed by atoms with van der Waals surface area (Å²) in [5.41, 5.74) is 1.73. The van der Waals surface area contributed by atoms with Gasteiger partial charge in [0.2, 0.25) is 0 Å². The van der Waals surface area contributed by atoms with E-state index in [0.29, 0.717) is 29.6 Å². The van der Waals surface area contributed by atoms with Gasteiger partial charge in [-0.15, -0.1) is 0 Å². The van der Waals surface area contributed by atoms with Gasteiger partial charge in [0.25, 0.3) is 11.1 Å². The lowest BCUT2D eigenvalue weighted by Crippen LogP contribution is -2.27. The van der Waals surface area contributed by atoms with Crippen molar-refractivity contribution in [1.29, 1.82) is 0 Å². The highest BCUT2D eigenvalue weighted by molar-refractivity contribution is 14.1. The topological polar surface area (TPSA) is 55.8 Å².